The van der Waals surface area contributed by atoms with Gasteiger partial charge in [0.2, 0.25) is 0 Å². The number of nitrogens with two attached hydrogens (primary N) is 1. The van der Waals surface area contributed by atoms with Gasteiger partial charge in [0.15, 0.2) is 0 Å². The number of ether oxygens (including phenoxy) is 2. The van der Waals surface area contributed by atoms with Crippen molar-refractivity contribution in [2.45, 2.75) is 32.2 Å². The Labute approximate surface area is 125 Å². The first-order valence-electron chi connectivity index (χ1n) is 6.39. The van der Waals surface area contributed by atoms with Crippen LogP contribution in [0.15, 0.2) is 12.1 Å². The van der Waals surface area contributed by atoms with Crippen LogP contribution < -0.4 is 10.5 Å². The second-order valence-electron chi connectivity index (χ2n) is 4.61. The Hall–Kier alpha value is -0.480. The van der Waals surface area contributed by atoms with Crippen LogP contribution in [0.4, 0.5) is 0 Å². The van der Waals surface area contributed by atoms with Gasteiger partial charge in [-0.25, -0.2) is 0 Å². The highest BCUT2D eigenvalue weighted by atomic mass is 35.5. The molecular weight excluding hydrogens is 285 g/mol. The zero-order chi connectivity index (χ0) is 14.3. The summed E-state index contributed by atoms with van der Waals surface area (Å²) in [7, 11) is 1.69. The highest BCUT2D eigenvalue weighted by Crippen LogP contribution is 2.33. The predicted molar refractivity (Wildman–Crippen MR) is 80.4 cm³/mol. The second kappa shape index (κ2) is 8.64. The number of methoxy groups -OCH3 is 1. The van der Waals surface area contributed by atoms with Gasteiger partial charge in [0.05, 0.1) is 11.6 Å². The largest absolute Gasteiger partial charge is 0.492 e. The van der Waals surface area contributed by atoms with Crippen molar-refractivity contribution in [3.8, 4) is 5.75 Å². The Bertz CT molecular complexity index is 397. The van der Waals surface area contributed by atoms with Gasteiger partial charge in [-0.15, -0.1) is 0 Å². The van der Waals surface area contributed by atoms with E-state index in [1.54, 1.807) is 13.2 Å². The molecular formula is C14H21Cl2NO2. The van der Waals surface area contributed by atoms with Gasteiger partial charge in [-0.1, -0.05) is 23.2 Å². The Morgan fingerprint density at radius 1 is 1.21 bits per heavy atom. The number of halogens is 2. The van der Waals surface area contributed by atoms with Crippen molar-refractivity contribution >= 4 is 23.2 Å². The van der Waals surface area contributed by atoms with E-state index in [1.807, 2.05) is 13.0 Å². The van der Waals surface area contributed by atoms with E-state index < -0.39 is 0 Å². The lowest BCUT2D eigenvalue weighted by Gasteiger charge is -2.15. The summed E-state index contributed by atoms with van der Waals surface area (Å²) in [6, 6.07) is 3.59. The van der Waals surface area contributed by atoms with Crippen LogP contribution in [0.25, 0.3) is 0 Å². The summed E-state index contributed by atoms with van der Waals surface area (Å²) in [5, 5.41) is 1.14. The summed E-state index contributed by atoms with van der Waals surface area (Å²) >= 11 is 12.2. The van der Waals surface area contributed by atoms with E-state index in [2.05, 4.69) is 0 Å². The highest BCUT2D eigenvalue weighted by molar-refractivity contribution is 6.35. The molecule has 3 nitrogen and oxygen atoms in total. The maximum Gasteiger partial charge on any atom is 0.141 e. The fourth-order valence-corrected chi connectivity index (χ4v) is 2.39. The Kier molecular flexibility index (Phi) is 7.54. The van der Waals surface area contributed by atoms with Crippen molar-refractivity contribution < 1.29 is 9.47 Å². The van der Waals surface area contributed by atoms with Crippen LogP contribution in [-0.4, -0.2) is 26.4 Å². The van der Waals surface area contributed by atoms with E-state index in [9.17, 15) is 0 Å². The van der Waals surface area contributed by atoms with Crippen LogP contribution in [0.3, 0.4) is 0 Å². The van der Waals surface area contributed by atoms with Crippen molar-refractivity contribution in [2.75, 3.05) is 20.3 Å². The number of hydrogen-bond acceptors (Lipinski definition) is 3. The summed E-state index contributed by atoms with van der Waals surface area (Å²) in [5.41, 5.74) is 6.79. The maximum atomic E-state index is 6.18. The summed E-state index contributed by atoms with van der Waals surface area (Å²) in [5.74, 6) is 0.695. The molecule has 1 rings (SSSR count). The zero-order valence-electron chi connectivity index (χ0n) is 11.4. The zero-order valence-corrected chi connectivity index (χ0v) is 12.9. The molecule has 0 fully saturated rings. The monoisotopic (exact) mass is 305 g/mol. The molecule has 2 N–H and O–H groups in total. The van der Waals surface area contributed by atoms with Gasteiger partial charge in [-0.05, 0) is 43.9 Å². The van der Waals surface area contributed by atoms with Crippen LogP contribution >= 0.6 is 23.2 Å². The van der Waals surface area contributed by atoms with Gasteiger partial charge in [-0.2, -0.15) is 0 Å². The molecule has 1 atom stereocenters. The minimum absolute atomic E-state index is 0.0328. The first kappa shape index (κ1) is 16.6. The molecule has 5 heteroatoms. The van der Waals surface area contributed by atoms with Gasteiger partial charge >= 0.3 is 0 Å². The molecule has 0 saturated heterocycles. The van der Waals surface area contributed by atoms with Gasteiger partial charge in [0.1, 0.15) is 5.75 Å². The van der Waals surface area contributed by atoms with Gasteiger partial charge in [-0.3, -0.25) is 0 Å². The smallest absolute Gasteiger partial charge is 0.141 e. The average Bonchev–Trinajstić information content (AvgIpc) is 2.30. The lowest BCUT2D eigenvalue weighted by atomic mass is 10.1. The van der Waals surface area contributed by atoms with E-state index in [0.717, 1.165) is 25.0 Å². The van der Waals surface area contributed by atoms with Crippen molar-refractivity contribution in [2.24, 2.45) is 5.73 Å². The van der Waals surface area contributed by atoms with E-state index in [0.29, 0.717) is 28.8 Å². The summed E-state index contributed by atoms with van der Waals surface area (Å²) in [6.07, 6.45) is 2.57. The number of hydrogen-bond donors (Lipinski definition) is 1. The summed E-state index contributed by atoms with van der Waals surface area (Å²) in [4.78, 5) is 0. The molecule has 0 aliphatic carbocycles. The van der Waals surface area contributed by atoms with Crippen molar-refractivity contribution in [3.63, 3.8) is 0 Å². The molecule has 1 aromatic carbocycles. The van der Waals surface area contributed by atoms with E-state index in [-0.39, 0.29) is 6.04 Å². The van der Waals surface area contributed by atoms with Crippen molar-refractivity contribution in [1.82, 2.24) is 0 Å². The molecule has 0 aliphatic heterocycles. The molecule has 0 bridgehead atoms. The first-order valence-corrected chi connectivity index (χ1v) is 7.15. The molecule has 0 spiro atoms. The Balaban J connectivity index is 2.68. The fourth-order valence-electron chi connectivity index (χ4n) is 1.80. The maximum absolute atomic E-state index is 6.18. The summed E-state index contributed by atoms with van der Waals surface area (Å²) < 4.78 is 10.8. The van der Waals surface area contributed by atoms with Crippen LogP contribution in [0.5, 0.6) is 5.75 Å². The Morgan fingerprint density at radius 3 is 2.53 bits per heavy atom. The second-order valence-corrected chi connectivity index (χ2v) is 5.45. The number of benzene rings is 1. The molecule has 19 heavy (non-hydrogen) atoms. The first-order chi connectivity index (χ1) is 9.04. The standard InChI is InChI=1S/C14H21Cl2NO2/c1-10(17)7-11-8-12(15)9-13(16)14(11)19-6-4-3-5-18-2/h8-10H,3-7,17H2,1-2H3. The molecule has 0 radical (unpaired) electrons. The third-order valence-electron chi connectivity index (χ3n) is 2.62. The minimum atomic E-state index is 0.0328. The van der Waals surface area contributed by atoms with E-state index in [1.165, 1.54) is 0 Å². The number of rotatable bonds is 8. The van der Waals surface area contributed by atoms with Gasteiger partial charge < -0.3 is 15.2 Å². The molecule has 0 aromatic heterocycles. The Morgan fingerprint density at radius 2 is 1.89 bits per heavy atom. The minimum Gasteiger partial charge on any atom is -0.492 e. The predicted octanol–water partition coefficient (Wildman–Crippen LogP) is 3.69. The van der Waals surface area contributed by atoms with Crippen LogP contribution in [0.2, 0.25) is 10.0 Å². The topological polar surface area (TPSA) is 44.5 Å². The lowest BCUT2D eigenvalue weighted by molar-refractivity contribution is 0.184. The quantitative estimate of drug-likeness (QED) is 0.745. The fraction of sp³-hybridized carbons (Fsp3) is 0.571. The molecule has 1 unspecified atom stereocenters. The van der Waals surface area contributed by atoms with Crippen molar-refractivity contribution in [1.29, 1.82) is 0 Å². The van der Waals surface area contributed by atoms with Crippen molar-refractivity contribution in [3.05, 3.63) is 27.7 Å². The molecule has 0 aliphatic rings. The normalized spacial score (nSPS) is 12.5. The summed E-state index contributed by atoms with van der Waals surface area (Å²) in [6.45, 7) is 3.29. The average molecular weight is 306 g/mol. The molecule has 108 valence electrons. The third kappa shape index (κ3) is 6.00. The van der Waals surface area contributed by atoms with Gasteiger partial charge in [0.25, 0.3) is 0 Å². The molecule has 0 amide bonds. The third-order valence-corrected chi connectivity index (χ3v) is 3.12. The van der Waals surface area contributed by atoms with Crippen LogP contribution in [0, 0.1) is 0 Å². The van der Waals surface area contributed by atoms with Gasteiger partial charge in [0, 0.05) is 24.8 Å². The van der Waals surface area contributed by atoms with E-state index >= 15 is 0 Å². The molecule has 1 aromatic rings. The van der Waals surface area contributed by atoms with Crippen LogP contribution in [0.1, 0.15) is 25.3 Å². The highest BCUT2D eigenvalue weighted by Gasteiger charge is 2.12. The number of unbranched alkanes of at least 4 members (excludes halogenated alkanes) is 1. The van der Waals surface area contributed by atoms with Crippen LogP contribution in [-0.2, 0) is 11.2 Å². The lowest BCUT2D eigenvalue weighted by Crippen LogP contribution is -2.18. The SMILES string of the molecule is COCCCCOc1c(Cl)cc(Cl)cc1CC(C)N. The molecule has 0 saturated carbocycles. The molecule has 0 heterocycles. The van der Waals surface area contributed by atoms with E-state index in [4.69, 9.17) is 38.4 Å².